The van der Waals surface area contributed by atoms with Gasteiger partial charge in [0.15, 0.2) is 0 Å². The molecule has 1 rings (SSSR count). The Bertz CT molecular complexity index is 359. The third kappa shape index (κ3) is 5.95. The van der Waals surface area contributed by atoms with E-state index >= 15 is 0 Å². The highest BCUT2D eigenvalue weighted by molar-refractivity contribution is 8.03. The Morgan fingerprint density at radius 3 is 2.59 bits per heavy atom. The first-order chi connectivity index (χ1) is 8.09. The fourth-order valence-corrected chi connectivity index (χ4v) is 2.96. The van der Waals surface area contributed by atoms with Gasteiger partial charge in [0.05, 0.1) is 0 Å². The number of nitrogens with two attached hydrogens (primary N) is 1. The number of benzene rings is 1. The minimum absolute atomic E-state index is 0.240. The lowest BCUT2D eigenvalue weighted by Gasteiger charge is -2.05. The Morgan fingerprint density at radius 1 is 1.35 bits per heavy atom. The summed E-state index contributed by atoms with van der Waals surface area (Å²) in [4.78, 5) is 11.4. The molecule has 0 radical (unpaired) electrons. The molecule has 0 fully saturated rings. The lowest BCUT2D eigenvalue weighted by Crippen LogP contribution is -2.32. The Morgan fingerprint density at radius 2 is 2.00 bits per heavy atom. The SMILES string of the molecule is N[C@H](CSCCSc1ccc(F)cc1)C(=O)O. The van der Waals surface area contributed by atoms with Crippen molar-refractivity contribution in [2.45, 2.75) is 10.9 Å². The molecular weight excluding hydrogens is 261 g/mol. The van der Waals surface area contributed by atoms with Crippen molar-refractivity contribution in [2.75, 3.05) is 17.3 Å². The smallest absolute Gasteiger partial charge is 0.321 e. The van der Waals surface area contributed by atoms with Gasteiger partial charge >= 0.3 is 5.97 Å². The molecule has 94 valence electrons. The Balaban J connectivity index is 2.12. The quantitative estimate of drug-likeness (QED) is 0.589. The first-order valence-electron chi connectivity index (χ1n) is 5.04. The van der Waals surface area contributed by atoms with E-state index in [9.17, 15) is 9.18 Å². The summed E-state index contributed by atoms with van der Waals surface area (Å²) in [5.41, 5.74) is 5.36. The predicted molar refractivity (Wildman–Crippen MR) is 70.1 cm³/mol. The van der Waals surface area contributed by atoms with Crippen LogP contribution in [0.3, 0.4) is 0 Å². The number of hydrogen-bond acceptors (Lipinski definition) is 4. The molecule has 6 heteroatoms. The molecule has 3 nitrogen and oxygen atoms in total. The van der Waals surface area contributed by atoms with Crippen molar-refractivity contribution in [3.8, 4) is 0 Å². The summed E-state index contributed by atoms with van der Waals surface area (Å²) >= 11 is 3.12. The molecule has 1 aromatic carbocycles. The molecule has 3 N–H and O–H groups in total. The van der Waals surface area contributed by atoms with E-state index in [0.717, 1.165) is 16.4 Å². The van der Waals surface area contributed by atoms with E-state index in [1.165, 1.54) is 23.9 Å². The van der Waals surface area contributed by atoms with E-state index in [4.69, 9.17) is 10.8 Å². The number of carboxylic acids is 1. The molecule has 0 aromatic heterocycles. The van der Waals surface area contributed by atoms with Gasteiger partial charge in [-0.1, -0.05) is 0 Å². The number of halogens is 1. The first kappa shape index (κ1) is 14.3. The number of rotatable bonds is 7. The fourth-order valence-electron chi connectivity index (χ4n) is 1.03. The molecule has 0 aliphatic rings. The van der Waals surface area contributed by atoms with Crippen molar-refractivity contribution in [2.24, 2.45) is 5.73 Å². The van der Waals surface area contributed by atoms with Gasteiger partial charge in [0.2, 0.25) is 0 Å². The van der Waals surface area contributed by atoms with Crippen molar-refractivity contribution < 1.29 is 14.3 Å². The van der Waals surface area contributed by atoms with Gasteiger partial charge < -0.3 is 10.8 Å². The largest absolute Gasteiger partial charge is 0.480 e. The monoisotopic (exact) mass is 275 g/mol. The predicted octanol–water partition coefficient (Wildman–Crippen LogP) is 2.06. The van der Waals surface area contributed by atoms with Crippen LogP contribution in [0, 0.1) is 5.82 Å². The minimum Gasteiger partial charge on any atom is -0.480 e. The van der Waals surface area contributed by atoms with Crippen LogP contribution in [0.15, 0.2) is 29.2 Å². The van der Waals surface area contributed by atoms with E-state index in [0.29, 0.717) is 5.75 Å². The van der Waals surface area contributed by atoms with Gasteiger partial charge in [0.1, 0.15) is 11.9 Å². The van der Waals surface area contributed by atoms with Crippen LogP contribution >= 0.6 is 23.5 Å². The maximum Gasteiger partial charge on any atom is 0.321 e. The van der Waals surface area contributed by atoms with Crippen LogP contribution in [0.2, 0.25) is 0 Å². The van der Waals surface area contributed by atoms with Gasteiger partial charge in [-0.15, -0.1) is 11.8 Å². The van der Waals surface area contributed by atoms with Crippen LogP contribution in [-0.2, 0) is 4.79 Å². The van der Waals surface area contributed by atoms with Crippen molar-refractivity contribution >= 4 is 29.5 Å². The number of carboxylic acid groups (broad SMARTS) is 1. The Labute approximate surface area is 108 Å². The molecule has 0 saturated heterocycles. The number of aliphatic carboxylic acids is 1. The molecule has 0 aliphatic heterocycles. The zero-order valence-corrected chi connectivity index (χ0v) is 10.8. The van der Waals surface area contributed by atoms with Crippen molar-refractivity contribution in [3.63, 3.8) is 0 Å². The molecule has 0 bridgehead atoms. The van der Waals surface area contributed by atoms with Gasteiger partial charge in [0.25, 0.3) is 0 Å². The molecule has 0 spiro atoms. The standard InChI is InChI=1S/C11H14FNO2S2/c12-8-1-3-9(4-2-8)17-6-5-16-7-10(13)11(14)15/h1-4,10H,5-7,13H2,(H,14,15)/t10-/m1/s1. The molecule has 0 aliphatic carbocycles. The average Bonchev–Trinajstić information content (AvgIpc) is 2.30. The molecule has 0 saturated carbocycles. The van der Waals surface area contributed by atoms with E-state index in [1.807, 2.05) is 0 Å². The van der Waals surface area contributed by atoms with Gasteiger partial charge in [-0.25, -0.2) is 4.39 Å². The molecule has 17 heavy (non-hydrogen) atoms. The third-order valence-electron chi connectivity index (χ3n) is 1.92. The summed E-state index contributed by atoms with van der Waals surface area (Å²) in [5.74, 6) is 0.880. The number of thioether (sulfide) groups is 2. The van der Waals surface area contributed by atoms with Gasteiger partial charge in [-0.05, 0) is 24.3 Å². The molecule has 0 heterocycles. The minimum atomic E-state index is -0.969. The van der Waals surface area contributed by atoms with Gasteiger partial charge in [-0.3, -0.25) is 4.79 Å². The topological polar surface area (TPSA) is 63.3 Å². The molecule has 0 unspecified atom stereocenters. The van der Waals surface area contributed by atoms with E-state index in [-0.39, 0.29) is 5.82 Å². The Hall–Kier alpha value is -0.720. The fraction of sp³-hybridized carbons (Fsp3) is 0.364. The average molecular weight is 275 g/mol. The second-order valence-electron chi connectivity index (χ2n) is 3.32. The highest BCUT2D eigenvalue weighted by Gasteiger charge is 2.10. The summed E-state index contributed by atoms with van der Waals surface area (Å²) in [6, 6.07) is 5.52. The number of carbonyl (C=O) groups is 1. The lowest BCUT2D eigenvalue weighted by molar-refractivity contribution is -0.137. The normalized spacial score (nSPS) is 12.4. The summed E-state index contributed by atoms with van der Waals surface area (Å²) in [6.45, 7) is 0. The number of hydrogen-bond donors (Lipinski definition) is 2. The van der Waals surface area contributed by atoms with Crippen LogP contribution in [0.4, 0.5) is 4.39 Å². The maximum absolute atomic E-state index is 12.6. The summed E-state index contributed by atoms with van der Waals surface area (Å²) in [6.07, 6.45) is 0. The maximum atomic E-state index is 12.6. The molecule has 0 amide bonds. The summed E-state index contributed by atoms with van der Waals surface area (Å²) in [5, 5.41) is 8.56. The summed E-state index contributed by atoms with van der Waals surface area (Å²) in [7, 11) is 0. The second-order valence-corrected chi connectivity index (χ2v) is 5.64. The van der Waals surface area contributed by atoms with Crippen molar-refractivity contribution in [1.29, 1.82) is 0 Å². The van der Waals surface area contributed by atoms with Crippen LogP contribution in [0.5, 0.6) is 0 Å². The van der Waals surface area contributed by atoms with E-state index in [1.54, 1.807) is 23.9 Å². The van der Waals surface area contributed by atoms with Crippen LogP contribution in [0.1, 0.15) is 0 Å². The molecule has 1 aromatic rings. The van der Waals surface area contributed by atoms with E-state index in [2.05, 4.69) is 0 Å². The Kier molecular flexibility index (Phi) is 6.39. The van der Waals surface area contributed by atoms with Crippen LogP contribution in [0.25, 0.3) is 0 Å². The molecule has 1 atom stereocenters. The van der Waals surface area contributed by atoms with Crippen molar-refractivity contribution in [1.82, 2.24) is 0 Å². The lowest BCUT2D eigenvalue weighted by atomic mass is 10.4. The third-order valence-corrected chi connectivity index (χ3v) is 4.28. The van der Waals surface area contributed by atoms with Gasteiger partial charge in [-0.2, -0.15) is 11.8 Å². The van der Waals surface area contributed by atoms with E-state index < -0.39 is 12.0 Å². The first-order valence-corrected chi connectivity index (χ1v) is 7.18. The highest BCUT2D eigenvalue weighted by atomic mass is 32.2. The molecular formula is C11H14FNO2S2. The second kappa shape index (κ2) is 7.58. The van der Waals surface area contributed by atoms with Gasteiger partial charge in [0, 0.05) is 22.2 Å². The zero-order chi connectivity index (χ0) is 12.7. The van der Waals surface area contributed by atoms with Crippen LogP contribution in [-0.4, -0.2) is 34.4 Å². The van der Waals surface area contributed by atoms with Crippen molar-refractivity contribution in [3.05, 3.63) is 30.1 Å². The zero-order valence-electron chi connectivity index (χ0n) is 9.14. The highest BCUT2D eigenvalue weighted by Crippen LogP contribution is 2.19. The van der Waals surface area contributed by atoms with Crippen LogP contribution < -0.4 is 5.73 Å². The summed E-state index contributed by atoms with van der Waals surface area (Å²) < 4.78 is 12.6.